The zero-order valence-corrected chi connectivity index (χ0v) is 20.2. The lowest BCUT2D eigenvalue weighted by Gasteiger charge is -2.12. The maximum atomic E-state index is 13.1. The SMILES string of the molecule is Cc1cc(Cl)ccc1NC(=O)c1cc2ccccc2c(N=Nc2snc3ccc([N+](=O)[O-])cc23)c1O. The lowest BCUT2D eigenvalue weighted by Crippen LogP contribution is -2.13. The number of azo groups is 1. The standard InChI is InChI=1S/C25H16ClN5O4S/c1-13-10-15(26)6-8-20(13)27-24(33)19-11-14-4-2-3-5-17(14)22(23(19)32)28-29-25-18-12-16(31(34)35)7-9-21(18)30-36-25/h2-12,32H,1H3,(H,27,33). The van der Waals surface area contributed by atoms with E-state index in [9.17, 15) is 20.0 Å². The number of aromatic hydroxyl groups is 1. The van der Waals surface area contributed by atoms with Crippen molar-refractivity contribution in [1.29, 1.82) is 0 Å². The highest BCUT2D eigenvalue weighted by Crippen LogP contribution is 2.41. The van der Waals surface area contributed by atoms with Crippen LogP contribution in [0.25, 0.3) is 21.7 Å². The van der Waals surface area contributed by atoms with Gasteiger partial charge < -0.3 is 10.4 Å². The second-order valence-electron chi connectivity index (χ2n) is 7.90. The largest absolute Gasteiger partial charge is 0.505 e. The van der Waals surface area contributed by atoms with Gasteiger partial charge in [0.25, 0.3) is 11.6 Å². The number of nitrogens with zero attached hydrogens (tertiary/aromatic N) is 4. The van der Waals surface area contributed by atoms with Crippen molar-refractivity contribution >= 4 is 72.8 Å². The van der Waals surface area contributed by atoms with Crippen molar-refractivity contribution < 1.29 is 14.8 Å². The van der Waals surface area contributed by atoms with E-state index in [2.05, 4.69) is 19.9 Å². The van der Waals surface area contributed by atoms with E-state index in [0.29, 0.717) is 37.4 Å². The van der Waals surface area contributed by atoms with E-state index in [1.165, 1.54) is 12.1 Å². The van der Waals surface area contributed by atoms with Crippen LogP contribution in [0, 0.1) is 17.0 Å². The highest BCUT2D eigenvalue weighted by atomic mass is 35.5. The molecule has 5 aromatic rings. The molecule has 178 valence electrons. The van der Waals surface area contributed by atoms with E-state index in [1.54, 1.807) is 54.6 Å². The molecule has 1 amide bonds. The average molecular weight is 518 g/mol. The van der Waals surface area contributed by atoms with Crippen LogP contribution in [0.5, 0.6) is 5.75 Å². The summed E-state index contributed by atoms with van der Waals surface area (Å²) in [7, 11) is 0. The summed E-state index contributed by atoms with van der Waals surface area (Å²) in [5.41, 5.74) is 1.88. The van der Waals surface area contributed by atoms with Crippen molar-refractivity contribution in [2.45, 2.75) is 6.92 Å². The van der Waals surface area contributed by atoms with E-state index >= 15 is 0 Å². The van der Waals surface area contributed by atoms with E-state index in [-0.39, 0.29) is 22.7 Å². The number of phenolic OH excluding ortho intramolecular Hbond substituents is 1. The van der Waals surface area contributed by atoms with Crippen molar-refractivity contribution in [3.05, 3.63) is 93.0 Å². The zero-order valence-electron chi connectivity index (χ0n) is 18.6. The van der Waals surface area contributed by atoms with E-state index in [1.807, 2.05) is 6.92 Å². The molecule has 36 heavy (non-hydrogen) atoms. The van der Waals surface area contributed by atoms with Crippen LogP contribution in [-0.2, 0) is 0 Å². The summed E-state index contributed by atoms with van der Waals surface area (Å²) in [5, 5.41) is 36.1. The number of fused-ring (bicyclic) bond motifs is 2. The molecule has 0 saturated carbocycles. The smallest absolute Gasteiger partial charge is 0.270 e. The molecule has 0 fully saturated rings. The third-order valence-corrected chi connectivity index (χ3v) is 6.57. The molecule has 0 atom stereocenters. The Balaban J connectivity index is 1.58. The van der Waals surface area contributed by atoms with Crippen LogP contribution in [0.4, 0.5) is 22.1 Å². The molecule has 0 saturated heterocycles. The van der Waals surface area contributed by atoms with Crippen molar-refractivity contribution in [2.75, 3.05) is 5.32 Å². The number of nitro groups is 1. The number of hydrogen-bond donors (Lipinski definition) is 2. The minimum atomic E-state index is -0.529. The minimum Gasteiger partial charge on any atom is -0.505 e. The molecule has 5 rings (SSSR count). The molecule has 11 heteroatoms. The Morgan fingerprint density at radius 1 is 1.08 bits per heavy atom. The van der Waals surface area contributed by atoms with Gasteiger partial charge in [0.15, 0.2) is 10.8 Å². The molecule has 9 nitrogen and oxygen atoms in total. The third kappa shape index (κ3) is 4.35. The number of nitrogens with one attached hydrogen (secondary N) is 1. The van der Waals surface area contributed by atoms with Gasteiger partial charge in [-0.05, 0) is 59.7 Å². The van der Waals surface area contributed by atoms with Crippen LogP contribution in [0.3, 0.4) is 0 Å². The molecule has 4 aromatic carbocycles. The van der Waals surface area contributed by atoms with Gasteiger partial charge in [0.1, 0.15) is 5.69 Å². The topological polar surface area (TPSA) is 130 Å². The first-order chi connectivity index (χ1) is 17.3. The van der Waals surface area contributed by atoms with E-state index < -0.39 is 10.8 Å². The predicted octanol–water partition coefficient (Wildman–Crippen LogP) is 7.69. The lowest BCUT2D eigenvalue weighted by molar-refractivity contribution is -0.384. The quantitative estimate of drug-likeness (QED) is 0.140. The number of anilines is 1. The molecule has 0 aliphatic rings. The number of aromatic nitrogens is 1. The average Bonchev–Trinajstić information content (AvgIpc) is 3.27. The number of rotatable bonds is 5. The van der Waals surface area contributed by atoms with Crippen LogP contribution < -0.4 is 5.32 Å². The molecule has 0 aliphatic heterocycles. The molecule has 1 aromatic heterocycles. The lowest BCUT2D eigenvalue weighted by atomic mass is 10.0. The predicted molar refractivity (Wildman–Crippen MR) is 140 cm³/mol. The van der Waals surface area contributed by atoms with Crippen LogP contribution in [0.2, 0.25) is 5.02 Å². The molecular formula is C25H16ClN5O4S. The second-order valence-corrected chi connectivity index (χ2v) is 9.09. The third-order valence-electron chi connectivity index (χ3n) is 5.57. The monoisotopic (exact) mass is 517 g/mol. The van der Waals surface area contributed by atoms with Crippen molar-refractivity contribution in [3.63, 3.8) is 0 Å². The number of amides is 1. The number of halogens is 1. The summed E-state index contributed by atoms with van der Waals surface area (Å²) >= 11 is 7.03. The summed E-state index contributed by atoms with van der Waals surface area (Å²) in [5.74, 6) is -0.875. The fourth-order valence-electron chi connectivity index (χ4n) is 3.75. The summed E-state index contributed by atoms with van der Waals surface area (Å²) in [6, 6.07) is 18.1. The number of aryl methyl sites for hydroxylation is 1. The maximum Gasteiger partial charge on any atom is 0.270 e. The van der Waals surface area contributed by atoms with Crippen molar-refractivity contribution in [2.24, 2.45) is 10.2 Å². The Morgan fingerprint density at radius 3 is 2.67 bits per heavy atom. The molecule has 2 N–H and O–H groups in total. The number of nitro benzene ring substituents is 1. The molecule has 0 unspecified atom stereocenters. The Kier molecular flexibility index (Phi) is 6.05. The molecular weight excluding hydrogens is 502 g/mol. The highest BCUT2D eigenvalue weighted by Gasteiger charge is 2.20. The maximum absolute atomic E-state index is 13.1. The van der Waals surface area contributed by atoms with Crippen LogP contribution >= 0.6 is 23.1 Å². The molecule has 0 spiro atoms. The molecule has 0 bridgehead atoms. The Morgan fingerprint density at radius 2 is 1.89 bits per heavy atom. The molecule has 1 heterocycles. The first-order valence-electron chi connectivity index (χ1n) is 10.6. The van der Waals surface area contributed by atoms with Crippen LogP contribution in [-0.4, -0.2) is 20.3 Å². The summed E-state index contributed by atoms with van der Waals surface area (Å²) in [6.07, 6.45) is 0. The van der Waals surface area contributed by atoms with Crippen LogP contribution in [0.1, 0.15) is 15.9 Å². The van der Waals surface area contributed by atoms with Gasteiger partial charge in [-0.3, -0.25) is 14.9 Å². The Bertz CT molecular complexity index is 1720. The minimum absolute atomic E-state index is 0.0156. The van der Waals surface area contributed by atoms with Gasteiger partial charge in [-0.25, -0.2) is 0 Å². The van der Waals surface area contributed by atoms with Gasteiger partial charge in [0, 0.05) is 33.6 Å². The number of phenols is 1. The molecule has 0 aliphatic carbocycles. The molecule has 0 radical (unpaired) electrons. The Labute approximate surface area is 213 Å². The number of carbonyl (C=O) groups is 1. The van der Waals surface area contributed by atoms with Gasteiger partial charge >= 0.3 is 0 Å². The van der Waals surface area contributed by atoms with Crippen molar-refractivity contribution in [3.8, 4) is 5.75 Å². The number of benzene rings is 4. The van der Waals surface area contributed by atoms with E-state index in [4.69, 9.17) is 11.6 Å². The van der Waals surface area contributed by atoms with Gasteiger partial charge in [0.05, 0.1) is 16.0 Å². The summed E-state index contributed by atoms with van der Waals surface area (Å²) in [6.45, 7) is 1.81. The zero-order chi connectivity index (χ0) is 25.4. The van der Waals surface area contributed by atoms with Gasteiger partial charge in [-0.15, -0.1) is 10.2 Å². The fraction of sp³-hybridized carbons (Fsp3) is 0.0400. The normalized spacial score (nSPS) is 11.4. The summed E-state index contributed by atoms with van der Waals surface area (Å²) in [4.78, 5) is 23.8. The van der Waals surface area contributed by atoms with Crippen molar-refractivity contribution in [1.82, 2.24) is 4.37 Å². The number of non-ortho nitro benzene ring substituents is 1. The number of hydrogen-bond acceptors (Lipinski definition) is 8. The fourth-order valence-corrected chi connectivity index (χ4v) is 4.66. The van der Waals surface area contributed by atoms with Crippen LogP contribution in [0.15, 0.2) is 77.0 Å². The Hall–Kier alpha value is -4.41. The number of carbonyl (C=O) groups excluding carboxylic acids is 1. The van der Waals surface area contributed by atoms with Gasteiger partial charge in [-0.2, -0.15) is 4.37 Å². The summed E-state index contributed by atoms with van der Waals surface area (Å²) < 4.78 is 4.25. The first kappa shape index (κ1) is 23.3. The highest BCUT2D eigenvalue weighted by molar-refractivity contribution is 7.11. The van der Waals surface area contributed by atoms with E-state index in [0.717, 1.165) is 17.1 Å². The van der Waals surface area contributed by atoms with Gasteiger partial charge in [0.2, 0.25) is 0 Å². The van der Waals surface area contributed by atoms with Gasteiger partial charge in [-0.1, -0.05) is 35.9 Å². The second kappa shape index (κ2) is 9.33. The first-order valence-corrected chi connectivity index (χ1v) is 11.7.